The first-order valence-corrected chi connectivity index (χ1v) is 13.3. The normalized spacial score (nSPS) is 19.4. The fraction of sp³-hybridized carbons (Fsp3) is 0.429. The van der Waals surface area contributed by atoms with Crippen molar-refractivity contribution < 1.29 is 24.3 Å². The predicted molar refractivity (Wildman–Crippen MR) is 135 cm³/mol. The first-order chi connectivity index (χ1) is 17.8. The zero-order valence-electron chi connectivity index (χ0n) is 20.0. The number of hydrogen-bond donors (Lipinski definition) is 3. The van der Waals surface area contributed by atoms with Gasteiger partial charge in [0, 0.05) is 18.6 Å². The van der Waals surface area contributed by atoms with Crippen molar-refractivity contribution in [2.45, 2.75) is 36.3 Å². The van der Waals surface area contributed by atoms with Crippen molar-refractivity contribution in [3.8, 4) is 0 Å². The summed E-state index contributed by atoms with van der Waals surface area (Å²) in [5, 5.41) is 27.6. The summed E-state index contributed by atoms with van der Waals surface area (Å²) in [4.78, 5) is 48.9. The number of carboxylic acids is 1. The molecule has 4 rings (SSSR count). The Labute approximate surface area is 220 Å². The Morgan fingerprint density at radius 1 is 1.41 bits per heavy atom. The number of tetrazole rings is 1. The maximum absolute atomic E-state index is 13.2. The van der Waals surface area contributed by atoms with Crippen molar-refractivity contribution in [2.75, 3.05) is 23.8 Å². The van der Waals surface area contributed by atoms with Crippen LogP contribution in [0.2, 0.25) is 0 Å². The summed E-state index contributed by atoms with van der Waals surface area (Å²) < 4.78 is 1.48. The molecular formula is C21H25N9O5S2. The van der Waals surface area contributed by atoms with Crippen LogP contribution >= 0.6 is 23.5 Å². The van der Waals surface area contributed by atoms with Crippen molar-refractivity contribution in [1.29, 1.82) is 0 Å². The zero-order chi connectivity index (χ0) is 26.5. The smallest absolute Gasteiger partial charge is 0.352 e. The number of nitrogens with zero attached hydrogens (tertiary/aromatic N) is 7. The van der Waals surface area contributed by atoms with Gasteiger partial charge in [0.05, 0.1) is 0 Å². The fourth-order valence-corrected chi connectivity index (χ4v) is 5.94. The van der Waals surface area contributed by atoms with Crippen molar-refractivity contribution in [3.63, 3.8) is 0 Å². The number of aryl methyl sites for hydroxylation is 1. The minimum atomic E-state index is -1.22. The number of aliphatic carboxylic acids is 1. The van der Waals surface area contributed by atoms with E-state index in [1.165, 1.54) is 33.1 Å². The summed E-state index contributed by atoms with van der Waals surface area (Å²) in [5.41, 5.74) is 6.31. The highest BCUT2D eigenvalue weighted by Crippen LogP contribution is 2.41. The number of rotatable bonds is 11. The summed E-state index contributed by atoms with van der Waals surface area (Å²) in [6.07, 6.45) is 1.63. The van der Waals surface area contributed by atoms with Gasteiger partial charge in [0.25, 0.3) is 11.8 Å². The number of oxime groups is 1. The van der Waals surface area contributed by atoms with Crippen LogP contribution in [0, 0.1) is 0 Å². The van der Waals surface area contributed by atoms with E-state index in [0.717, 1.165) is 12.8 Å². The third-order valence-electron chi connectivity index (χ3n) is 5.47. The standard InChI is InChI=1S/C21H25N9O5S2/c1-3-4-8-35-26-14(12-6-5-7-13(22)23-12)17(31)24-15-18(32)30-16(20(33)34)11(9-36-19(15)30)10-37-21-25-27-28-29(21)2/h5-7,15,19H,3-4,8-10H2,1-2H3,(H2,22,23)(H,24,31)(H,33,34)/t15?,19-/m0/s1. The van der Waals surface area contributed by atoms with E-state index >= 15 is 0 Å². The molecule has 2 aliphatic heterocycles. The van der Waals surface area contributed by atoms with E-state index in [1.54, 1.807) is 25.2 Å². The van der Waals surface area contributed by atoms with Gasteiger partial charge in [-0.25, -0.2) is 14.5 Å². The average molecular weight is 548 g/mol. The summed E-state index contributed by atoms with van der Waals surface area (Å²) in [7, 11) is 1.68. The molecule has 2 amide bonds. The van der Waals surface area contributed by atoms with Crippen LogP contribution in [0.25, 0.3) is 0 Å². The molecule has 1 unspecified atom stereocenters. The van der Waals surface area contributed by atoms with Gasteiger partial charge >= 0.3 is 5.97 Å². The highest BCUT2D eigenvalue weighted by Gasteiger charge is 2.54. The number of nitrogen functional groups attached to an aromatic ring is 1. The lowest BCUT2D eigenvalue weighted by Gasteiger charge is -2.49. The lowest BCUT2D eigenvalue weighted by Crippen LogP contribution is -2.71. The van der Waals surface area contributed by atoms with Crippen LogP contribution in [-0.4, -0.2) is 88.2 Å². The molecule has 196 valence electrons. The van der Waals surface area contributed by atoms with Crippen molar-refractivity contribution in [2.24, 2.45) is 12.2 Å². The van der Waals surface area contributed by atoms with Crippen LogP contribution in [0.15, 0.2) is 39.8 Å². The summed E-state index contributed by atoms with van der Waals surface area (Å²) in [6.45, 7) is 2.30. The minimum absolute atomic E-state index is 0.0869. The Morgan fingerprint density at radius 3 is 2.89 bits per heavy atom. The fourth-order valence-electron chi connectivity index (χ4n) is 3.61. The predicted octanol–water partition coefficient (Wildman–Crippen LogP) is 0.239. The van der Waals surface area contributed by atoms with Crippen LogP contribution in [0.4, 0.5) is 5.82 Å². The molecule has 2 aromatic rings. The molecule has 0 aliphatic carbocycles. The second-order valence-electron chi connectivity index (χ2n) is 8.07. The number of carboxylic acid groups (broad SMARTS) is 1. The van der Waals surface area contributed by atoms with E-state index in [1.807, 2.05) is 6.92 Å². The number of nitrogens with two attached hydrogens (primary N) is 1. The number of hydrogen-bond acceptors (Lipinski definition) is 12. The second kappa shape index (κ2) is 11.6. The van der Waals surface area contributed by atoms with Crippen LogP contribution < -0.4 is 11.1 Å². The largest absolute Gasteiger partial charge is 0.477 e. The van der Waals surface area contributed by atoms with Crippen molar-refractivity contribution in [1.82, 2.24) is 35.4 Å². The van der Waals surface area contributed by atoms with Crippen LogP contribution in [0.1, 0.15) is 25.5 Å². The minimum Gasteiger partial charge on any atom is -0.477 e. The lowest BCUT2D eigenvalue weighted by atomic mass is 10.0. The number of anilines is 1. The average Bonchev–Trinajstić information content (AvgIpc) is 3.29. The van der Waals surface area contributed by atoms with Gasteiger partial charge in [0.15, 0.2) is 5.71 Å². The SMILES string of the molecule is CCCCON=C(C(=O)NC1C(=O)N2C(C(=O)O)=C(CSc3nnnn3C)CS[C@@H]12)c1cccc(N)n1. The van der Waals surface area contributed by atoms with Gasteiger partial charge in [-0.2, -0.15) is 0 Å². The van der Waals surface area contributed by atoms with Gasteiger partial charge in [-0.05, 0) is 34.6 Å². The zero-order valence-corrected chi connectivity index (χ0v) is 21.7. The third-order valence-corrected chi connectivity index (χ3v) is 7.90. The molecule has 1 saturated heterocycles. The van der Waals surface area contributed by atoms with E-state index in [-0.39, 0.29) is 22.9 Å². The molecule has 16 heteroatoms. The first kappa shape index (κ1) is 26.4. The molecule has 0 spiro atoms. The summed E-state index contributed by atoms with van der Waals surface area (Å²) in [5.74, 6) is -1.57. The molecule has 1 fully saturated rings. The molecule has 0 saturated carbocycles. The first-order valence-electron chi connectivity index (χ1n) is 11.3. The Bertz CT molecular complexity index is 1260. The number of aromatic nitrogens is 5. The molecule has 14 nitrogen and oxygen atoms in total. The second-order valence-corrected chi connectivity index (χ2v) is 10.1. The maximum atomic E-state index is 13.2. The number of carbonyl (C=O) groups excluding carboxylic acids is 2. The van der Waals surface area contributed by atoms with Crippen molar-refractivity contribution in [3.05, 3.63) is 35.2 Å². The maximum Gasteiger partial charge on any atom is 0.352 e. The van der Waals surface area contributed by atoms with E-state index in [4.69, 9.17) is 10.6 Å². The molecule has 2 aromatic heterocycles. The summed E-state index contributed by atoms with van der Waals surface area (Å²) in [6, 6.07) is 3.81. The van der Waals surface area contributed by atoms with Crippen LogP contribution in [0.3, 0.4) is 0 Å². The number of amides is 2. The number of nitrogens with one attached hydrogen (secondary N) is 1. The number of fused-ring (bicyclic) bond motifs is 1. The Balaban J connectivity index is 1.49. The topological polar surface area (TPSA) is 191 Å². The van der Waals surface area contributed by atoms with Crippen LogP contribution in [0.5, 0.6) is 0 Å². The van der Waals surface area contributed by atoms with E-state index < -0.39 is 29.2 Å². The van der Waals surface area contributed by atoms with E-state index in [2.05, 4.69) is 31.0 Å². The number of β-lactam (4-membered cyclic amide) rings is 1. The Hall–Kier alpha value is -3.66. The lowest BCUT2D eigenvalue weighted by molar-refractivity contribution is -0.150. The van der Waals surface area contributed by atoms with Gasteiger partial charge in [0.1, 0.15) is 35.2 Å². The highest BCUT2D eigenvalue weighted by molar-refractivity contribution is 8.01. The number of carbonyl (C=O) groups is 3. The van der Waals surface area contributed by atoms with Gasteiger partial charge in [-0.15, -0.1) is 16.9 Å². The molecule has 4 N–H and O–H groups in total. The Morgan fingerprint density at radius 2 is 2.22 bits per heavy atom. The molecule has 2 aliphatic rings. The molecule has 0 aromatic carbocycles. The van der Waals surface area contributed by atoms with Crippen molar-refractivity contribution >= 4 is 52.8 Å². The number of thioether (sulfide) groups is 2. The molecular weight excluding hydrogens is 522 g/mol. The van der Waals surface area contributed by atoms with Gasteiger partial charge in [-0.1, -0.05) is 36.3 Å². The van der Waals surface area contributed by atoms with Gasteiger partial charge in [-0.3, -0.25) is 14.5 Å². The molecule has 4 heterocycles. The van der Waals surface area contributed by atoms with E-state index in [0.29, 0.717) is 28.8 Å². The van der Waals surface area contributed by atoms with E-state index in [9.17, 15) is 19.5 Å². The quantitative estimate of drug-likeness (QED) is 0.114. The summed E-state index contributed by atoms with van der Waals surface area (Å²) >= 11 is 2.64. The third kappa shape index (κ3) is 5.69. The molecule has 2 atom stereocenters. The Kier molecular flexibility index (Phi) is 8.27. The van der Waals surface area contributed by atoms with Gasteiger partial charge < -0.3 is 21.0 Å². The van der Waals surface area contributed by atoms with Crippen LogP contribution in [-0.2, 0) is 26.3 Å². The molecule has 0 radical (unpaired) electrons. The number of unbranched alkanes of at least 4 members (excludes halogenated alkanes) is 1. The number of pyridine rings is 1. The molecule has 37 heavy (non-hydrogen) atoms. The van der Waals surface area contributed by atoms with Gasteiger partial charge in [0.2, 0.25) is 5.16 Å². The monoisotopic (exact) mass is 547 g/mol. The molecule has 0 bridgehead atoms. The highest BCUT2D eigenvalue weighted by atomic mass is 32.2.